The number of nitrogens with two attached hydrogens (primary N) is 2. The van der Waals surface area contributed by atoms with E-state index in [1.807, 2.05) is 30.3 Å². The molecule has 4 heteroatoms. The lowest BCUT2D eigenvalue weighted by Crippen LogP contribution is -2.16. The van der Waals surface area contributed by atoms with Crippen molar-refractivity contribution >= 4 is 17.9 Å². The van der Waals surface area contributed by atoms with Crippen LogP contribution in [-0.2, 0) is 9.59 Å². The molecule has 0 heterocycles. The van der Waals surface area contributed by atoms with Crippen LogP contribution >= 0.6 is 0 Å². The highest BCUT2D eigenvalue weighted by Crippen LogP contribution is 2.04. The standard InChI is InChI=1S/C12H12N2O2/c13-11(15)8-10(12(14)16)7-6-9-4-2-1-3-5-9/h1-8H,(H2,13,15)(H2,14,16)/b7-6+,10-8-. The molecular formula is C12H12N2O2. The quantitative estimate of drug-likeness (QED) is 0.570. The highest BCUT2D eigenvalue weighted by Gasteiger charge is 2.01. The van der Waals surface area contributed by atoms with Gasteiger partial charge in [0.05, 0.1) is 0 Å². The molecule has 16 heavy (non-hydrogen) atoms. The third-order valence-corrected chi connectivity index (χ3v) is 1.84. The SMILES string of the molecule is NC(=O)/C=C(/C=C/c1ccccc1)C(N)=O. The maximum absolute atomic E-state index is 11.0. The number of benzene rings is 1. The smallest absolute Gasteiger partial charge is 0.248 e. The van der Waals surface area contributed by atoms with Crippen molar-refractivity contribution in [3.8, 4) is 0 Å². The van der Waals surface area contributed by atoms with Gasteiger partial charge in [-0.1, -0.05) is 36.4 Å². The molecule has 4 N–H and O–H groups in total. The normalized spacial score (nSPS) is 11.6. The van der Waals surface area contributed by atoms with Crippen LogP contribution in [0.15, 0.2) is 48.1 Å². The van der Waals surface area contributed by atoms with Crippen LogP contribution in [0, 0.1) is 0 Å². The van der Waals surface area contributed by atoms with Crippen LogP contribution in [0.3, 0.4) is 0 Å². The molecule has 1 aromatic carbocycles. The van der Waals surface area contributed by atoms with Gasteiger partial charge < -0.3 is 11.5 Å². The van der Waals surface area contributed by atoms with Crippen molar-refractivity contribution in [2.24, 2.45) is 11.5 Å². The van der Waals surface area contributed by atoms with E-state index in [0.717, 1.165) is 11.6 Å². The number of rotatable bonds is 4. The van der Waals surface area contributed by atoms with Crippen LogP contribution in [0.25, 0.3) is 6.08 Å². The van der Waals surface area contributed by atoms with Crippen molar-refractivity contribution in [2.75, 3.05) is 0 Å². The molecule has 4 nitrogen and oxygen atoms in total. The first-order valence-corrected chi connectivity index (χ1v) is 4.63. The van der Waals surface area contributed by atoms with E-state index >= 15 is 0 Å². The number of amides is 2. The largest absolute Gasteiger partial charge is 0.366 e. The van der Waals surface area contributed by atoms with Gasteiger partial charge in [-0.15, -0.1) is 0 Å². The van der Waals surface area contributed by atoms with Gasteiger partial charge in [0.25, 0.3) is 0 Å². The highest BCUT2D eigenvalue weighted by molar-refractivity contribution is 6.02. The Balaban J connectivity index is 2.89. The summed E-state index contributed by atoms with van der Waals surface area (Å²) in [6, 6.07) is 9.33. The van der Waals surface area contributed by atoms with Gasteiger partial charge >= 0.3 is 0 Å². The molecule has 0 aliphatic carbocycles. The van der Waals surface area contributed by atoms with Gasteiger partial charge in [0.2, 0.25) is 11.8 Å². The number of carbonyl (C=O) groups excluding carboxylic acids is 2. The van der Waals surface area contributed by atoms with E-state index in [0.29, 0.717) is 0 Å². The lowest BCUT2D eigenvalue weighted by atomic mass is 10.1. The van der Waals surface area contributed by atoms with E-state index in [1.165, 1.54) is 6.08 Å². The fraction of sp³-hybridized carbons (Fsp3) is 0. The first kappa shape index (κ1) is 11.7. The van der Waals surface area contributed by atoms with Crippen molar-refractivity contribution in [3.63, 3.8) is 0 Å². The van der Waals surface area contributed by atoms with Gasteiger partial charge in [-0.25, -0.2) is 0 Å². The minimum Gasteiger partial charge on any atom is -0.366 e. The van der Waals surface area contributed by atoms with Crippen molar-refractivity contribution < 1.29 is 9.59 Å². The second-order valence-corrected chi connectivity index (χ2v) is 3.11. The zero-order chi connectivity index (χ0) is 12.0. The molecular weight excluding hydrogens is 204 g/mol. The Morgan fingerprint density at radius 3 is 2.19 bits per heavy atom. The van der Waals surface area contributed by atoms with Gasteiger partial charge in [0.1, 0.15) is 0 Å². The van der Waals surface area contributed by atoms with E-state index in [9.17, 15) is 9.59 Å². The number of hydrogen-bond donors (Lipinski definition) is 2. The molecule has 2 amide bonds. The molecule has 0 saturated carbocycles. The van der Waals surface area contributed by atoms with Crippen molar-refractivity contribution in [1.29, 1.82) is 0 Å². The molecule has 0 spiro atoms. The summed E-state index contributed by atoms with van der Waals surface area (Å²) in [6.45, 7) is 0. The number of carbonyl (C=O) groups is 2. The third-order valence-electron chi connectivity index (χ3n) is 1.84. The summed E-state index contributed by atoms with van der Waals surface area (Å²) in [5.74, 6) is -1.39. The Bertz CT molecular complexity index is 447. The number of primary amides is 2. The summed E-state index contributed by atoms with van der Waals surface area (Å²) in [7, 11) is 0. The average Bonchev–Trinajstić information content (AvgIpc) is 2.25. The fourth-order valence-electron chi connectivity index (χ4n) is 1.10. The van der Waals surface area contributed by atoms with Crippen molar-refractivity contribution in [3.05, 3.63) is 53.6 Å². The second-order valence-electron chi connectivity index (χ2n) is 3.11. The molecule has 0 atom stereocenters. The Hall–Kier alpha value is -2.36. The van der Waals surface area contributed by atoms with Crippen LogP contribution in [0.5, 0.6) is 0 Å². The number of hydrogen-bond acceptors (Lipinski definition) is 2. The zero-order valence-electron chi connectivity index (χ0n) is 8.59. The minimum absolute atomic E-state index is 0.0800. The summed E-state index contributed by atoms with van der Waals surface area (Å²) in [5, 5.41) is 0. The Morgan fingerprint density at radius 2 is 1.69 bits per heavy atom. The molecule has 0 unspecified atom stereocenters. The maximum Gasteiger partial charge on any atom is 0.248 e. The summed E-state index contributed by atoms with van der Waals surface area (Å²) >= 11 is 0. The van der Waals surface area contributed by atoms with E-state index < -0.39 is 11.8 Å². The lowest BCUT2D eigenvalue weighted by molar-refractivity contribution is -0.116. The van der Waals surface area contributed by atoms with Gasteiger partial charge in [-0.3, -0.25) is 9.59 Å². The lowest BCUT2D eigenvalue weighted by Gasteiger charge is -1.95. The Kier molecular flexibility index (Phi) is 4.03. The molecule has 0 radical (unpaired) electrons. The van der Waals surface area contributed by atoms with E-state index in [-0.39, 0.29) is 5.57 Å². The Morgan fingerprint density at radius 1 is 1.06 bits per heavy atom. The third kappa shape index (κ3) is 3.79. The highest BCUT2D eigenvalue weighted by atomic mass is 16.1. The van der Waals surface area contributed by atoms with Crippen LogP contribution in [0.2, 0.25) is 0 Å². The molecule has 1 aromatic rings. The first-order chi connectivity index (χ1) is 7.59. The predicted octanol–water partition coefficient (Wildman–Crippen LogP) is 0.597. The van der Waals surface area contributed by atoms with Crippen LogP contribution < -0.4 is 11.5 Å². The van der Waals surface area contributed by atoms with Crippen molar-refractivity contribution in [1.82, 2.24) is 0 Å². The Labute approximate surface area is 93.2 Å². The van der Waals surface area contributed by atoms with Gasteiger partial charge in [-0.05, 0) is 11.6 Å². The molecule has 0 saturated heterocycles. The summed E-state index contributed by atoms with van der Waals surface area (Å²) in [6.07, 6.45) is 4.14. The average molecular weight is 216 g/mol. The summed E-state index contributed by atoms with van der Waals surface area (Å²) < 4.78 is 0. The van der Waals surface area contributed by atoms with Crippen LogP contribution in [0.4, 0.5) is 0 Å². The van der Waals surface area contributed by atoms with E-state index in [4.69, 9.17) is 11.5 Å². The van der Waals surface area contributed by atoms with Crippen LogP contribution in [0.1, 0.15) is 5.56 Å². The van der Waals surface area contributed by atoms with E-state index in [1.54, 1.807) is 6.08 Å². The molecule has 0 aliphatic heterocycles. The van der Waals surface area contributed by atoms with Crippen molar-refractivity contribution in [2.45, 2.75) is 0 Å². The summed E-state index contributed by atoms with van der Waals surface area (Å²) in [5.41, 5.74) is 11.0. The van der Waals surface area contributed by atoms with E-state index in [2.05, 4.69) is 0 Å². The molecule has 82 valence electrons. The van der Waals surface area contributed by atoms with Gasteiger partial charge in [0.15, 0.2) is 0 Å². The molecule has 0 aromatic heterocycles. The zero-order valence-corrected chi connectivity index (χ0v) is 8.59. The molecule has 0 fully saturated rings. The van der Waals surface area contributed by atoms with Gasteiger partial charge in [-0.2, -0.15) is 0 Å². The van der Waals surface area contributed by atoms with Gasteiger partial charge in [0, 0.05) is 11.6 Å². The monoisotopic (exact) mass is 216 g/mol. The predicted molar refractivity (Wildman–Crippen MR) is 61.9 cm³/mol. The second kappa shape index (κ2) is 5.50. The minimum atomic E-state index is -0.702. The fourth-order valence-corrected chi connectivity index (χ4v) is 1.10. The first-order valence-electron chi connectivity index (χ1n) is 4.63. The molecule has 0 bridgehead atoms. The van der Waals surface area contributed by atoms with Crippen LogP contribution in [-0.4, -0.2) is 11.8 Å². The topological polar surface area (TPSA) is 86.2 Å². The molecule has 1 rings (SSSR count). The summed E-state index contributed by atoms with van der Waals surface area (Å²) in [4.78, 5) is 21.6. The maximum atomic E-state index is 11.0. The molecule has 0 aliphatic rings.